The molecule has 1 aromatic heterocycles. The van der Waals surface area contributed by atoms with Crippen molar-refractivity contribution in [2.75, 3.05) is 0 Å². The van der Waals surface area contributed by atoms with Crippen LogP contribution < -0.4 is 0 Å². The quantitative estimate of drug-likeness (QED) is 0.655. The normalized spacial score (nSPS) is 10.7. The first-order valence-corrected chi connectivity index (χ1v) is 4.98. The van der Waals surface area contributed by atoms with E-state index in [0.29, 0.717) is 0 Å². The molecule has 0 unspecified atom stereocenters. The van der Waals surface area contributed by atoms with Crippen molar-refractivity contribution in [1.29, 1.82) is 0 Å². The molecule has 0 aliphatic rings. The van der Waals surface area contributed by atoms with E-state index in [0.717, 1.165) is 11.0 Å². The van der Waals surface area contributed by atoms with Gasteiger partial charge in [0.15, 0.2) is 0 Å². The number of furan rings is 1. The number of benzene rings is 1. The van der Waals surface area contributed by atoms with Crippen molar-refractivity contribution in [2.45, 2.75) is 0 Å². The van der Waals surface area contributed by atoms with Crippen molar-refractivity contribution in [3.8, 4) is 0 Å². The zero-order chi connectivity index (χ0) is 10.6. The van der Waals surface area contributed by atoms with Crippen LogP contribution in [0.4, 0.5) is 0 Å². The van der Waals surface area contributed by atoms with Gasteiger partial charge in [0.25, 0.3) is 0 Å². The summed E-state index contributed by atoms with van der Waals surface area (Å²) >= 11 is 0. The average molecular weight is 216 g/mol. The molecule has 0 saturated heterocycles. The third kappa shape index (κ3) is 4.04. The molecule has 5 nitrogen and oxygen atoms in total. The van der Waals surface area contributed by atoms with Crippen LogP contribution in [0.25, 0.3) is 11.0 Å². The topological polar surface area (TPSA) is 87.7 Å². The highest BCUT2D eigenvalue weighted by Crippen LogP contribution is 2.12. The van der Waals surface area contributed by atoms with E-state index in [1.807, 2.05) is 30.3 Å². The Hall–Kier alpha value is -1.37. The second kappa shape index (κ2) is 4.23. The lowest BCUT2D eigenvalue weighted by molar-refractivity contribution is 0.381. The summed E-state index contributed by atoms with van der Waals surface area (Å²) in [6.07, 6.45) is 1.70. The third-order valence-corrected chi connectivity index (χ3v) is 1.36. The van der Waals surface area contributed by atoms with Gasteiger partial charge in [-0.15, -0.1) is 0 Å². The van der Waals surface area contributed by atoms with Crippen molar-refractivity contribution in [3.63, 3.8) is 0 Å². The van der Waals surface area contributed by atoms with Gasteiger partial charge in [-0.3, -0.25) is 9.11 Å². The van der Waals surface area contributed by atoms with E-state index in [2.05, 4.69) is 0 Å². The molecule has 0 aliphatic heterocycles. The molecule has 0 saturated carbocycles. The Bertz CT molecular complexity index is 461. The average Bonchev–Trinajstić information content (AvgIpc) is 2.47. The van der Waals surface area contributed by atoms with Crippen molar-refractivity contribution in [3.05, 3.63) is 36.6 Å². The van der Waals surface area contributed by atoms with Gasteiger partial charge in [0.1, 0.15) is 5.58 Å². The summed E-state index contributed by atoms with van der Waals surface area (Å²) in [5.74, 6) is 0. The van der Waals surface area contributed by atoms with E-state index in [4.69, 9.17) is 21.9 Å². The number of para-hydroxylation sites is 1. The van der Waals surface area contributed by atoms with Gasteiger partial charge in [0, 0.05) is 5.39 Å². The zero-order valence-corrected chi connectivity index (χ0v) is 7.81. The molecule has 0 atom stereocenters. The molecule has 2 aromatic rings. The number of fused-ring (bicyclic) bond motifs is 1. The molecule has 1 aromatic carbocycles. The minimum Gasteiger partial charge on any atom is -0.464 e. The standard InChI is InChI=1S/C8H6O.H2O4S/c1-2-4-8-7(3-1)5-6-9-8;1-5(2,3)4/h1-6H;(H2,1,2,3,4). The molecule has 2 N–H and O–H groups in total. The minimum atomic E-state index is -4.67. The second-order valence-corrected chi connectivity index (χ2v) is 3.30. The monoisotopic (exact) mass is 216 g/mol. The molecule has 0 amide bonds. The Labute approximate surface area is 80.5 Å². The second-order valence-electron chi connectivity index (χ2n) is 2.41. The van der Waals surface area contributed by atoms with Crippen molar-refractivity contribution < 1.29 is 21.9 Å². The fourth-order valence-corrected chi connectivity index (χ4v) is 0.906. The Morgan fingerprint density at radius 1 is 1.07 bits per heavy atom. The Kier molecular flexibility index (Phi) is 3.23. The summed E-state index contributed by atoms with van der Waals surface area (Å²) in [5.41, 5.74) is 0.956. The maximum atomic E-state index is 8.74. The molecule has 76 valence electrons. The van der Waals surface area contributed by atoms with Crippen LogP contribution in [-0.4, -0.2) is 17.5 Å². The summed E-state index contributed by atoms with van der Waals surface area (Å²) in [6, 6.07) is 9.90. The fourth-order valence-electron chi connectivity index (χ4n) is 0.906. The molecule has 2 rings (SSSR count). The van der Waals surface area contributed by atoms with Crippen LogP contribution in [0.15, 0.2) is 41.0 Å². The van der Waals surface area contributed by atoms with Gasteiger partial charge in [0.2, 0.25) is 0 Å². The first-order valence-electron chi connectivity index (χ1n) is 3.59. The molecule has 0 radical (unpaired) electrons. The smallest absolute Gasteiger partial charge is 0.394 e. The lowest BCUT2D eigenvalue weighted by atomic mass is 10.3. The summed E-state index contributed by atoms with van der Waals surface area (Å²) in [6.45, 7) is 0. The predicted octanol–water partition coefficient (Wildman–Crippen LogP) is 1.78. The van der Waals surface area contributed by atoms with Crippen LogP contribution in [0.1, 0.15) is 0 Å². The van der Waals surface area contributed by atoms with Crippen molar-refractivity contribution >= 4 is 21.4 Å². The van der Waals surface area contributed by atoms with E-state index in [1.54, 1.807) is 6.26 Å². The molecular formula is C8H8O5S. The highest BCUT2D eigenvalue weighted by Gasteiger charge is 1.89. The Balaban J connectivity index is 0.000000171. The maximum absolute atomic E-state index is 8.74. The Morgan fingerprint density at radius 3 is 2.21 bits per heavy atom. The SMILES string of the molecule is O=S(=O)(O)O.c1ccc2occc2c1. The number of hydrogen-bond donors (Lipinski definition) is 2. The molecule has 14 heavy (non-hydrogen) atoms. The molecule has 0 bridgehead atoms. The van der Waals surface area contributed by atoms with E-state index in [9.17, 15) is 0 Å². The van der Waals surface area contributed by atoms with Crippen LogP contribution in [0.2, 0.25) is 0 Å². The Morgan fingerprint density at radius 2 is 1.64 bits per heavy atom. The number of hydrogen-bond acceptors (Lipinski definition) is 3. The van der Waals surface area contributed by atoms with E-state index in [1.165, 1.54) is 0 Å². The van der Waals surface area contributed by atoms with Crippen molar-refractivity contribution in [2.24, 2.45) is 0 Å². The molecule has 0 spiro atoms. The predicted molar refractivity (Wildman–Crippen MR) is 50.4 cm³/mol. The zero-order valence-electron chi connectivity index (χ0n) is 6.99. The molecule has 1 heterocycles. The third-order valence-electron chi connectivity index (χ3n) is 1.36. The van der Waals surface area contributed by atoms with Crippen LogP contribution >= 0.6 is 0 Å². The van der Waals surface area contributed by atoms with Gasteiger partial charge < -0.3 is 4.42 Å². The van der Waals surface area contributed by atoms with Crippen LogP contribution in [0.5, 0.6) is 0 Å². The van der Waals surface area contributed by atoms with Gasteiger partial charge in [0.05, 0.1) is 6.26 Å². The first kappa shape index (κ1) is 10.7. The molecule has 0 fully saturated rings. The van der Waals surface area contributed by atoms with E-state index >= 15 is 0 Å². The molecule has 6 heteroatoms. The summed E-state index contributed by atoms with van der Waals surface area (Å²) < 4.78 is 36.7. The van der Waals surface area contributed by atoms with E-state index in [-0.39, 0.29) is 0 Å². The summed E-state index contributed by atoms with van der Waals surface area (Å²) in [7, 11) is -4.67. The van der Waals surface area contributed by atoms with Crippen LogP contribution in [-0.2, 0) is 10.4 Å². The summed E-state index contributed by atoms with van der Waals surface area (Å²) in [5, 5.41) is 1.16. The highest BCUT2D eigenvalue weighted by molar-refractivity contribution is 7.79. The van der Waals surface area contributed by atoms with Crippen molar-refractivity contribution in [1.82, 2.24) is 0 Å². The van der Waals surface area contributed by atoms with Crippen LogP contribution in [0, 0.1) is 0 Å². The first-order chi connectivity index (χ1) is 6.47. The molecule has 0 aliphatic carbocycles. The fraction of sp³-hybridized carbons (Fsp3) is 0. The van der Waals surface area contributed by atoms with Gasteiger partial charge >= 0.3 is 10.4 Å². The van der Waals surface area contributed by atoms with Gasteiger partial charge in [-0.05, 0) is 12.1 Å². The summed E-state index contributed by atoms with van der Waals surface area (Å²) in [4.78, 5) is 0. The van der Waals surface area contributed by atoms with Gasteiger partial charge in [-0.25, -0.2) is 0 Å². The van der Waals surface area contributed by atoms with E-state index < -0.39 is 10.4 Å². The lowest BCUT2D eigenvalue weighted by Crippen LogP contribution is -1.89. The van der Waals surface area contributed by atoms with Gasteiger partial charge in [-0.2, -0.15) is 8.42 Å². The van der Waals surface area contributed by atoms with Crippen LogP contribution in [0.3, 0.4) is 0 Å². The largest absolute Gasteiger partial charge is 0.464 e. The van der Waals surface area contributed by atoms with Gasteiger partial charge in [-0.1, -0.05) is 18.2 Å². The number of rotatable bonds is 0. The molecular weight excluding hydrogens is 208 g/mol. The maximum Gasteiger partial charge on any atom is 0.394 e. The minimum absolute atomic E-state index is 0.956. The highest BCUT2D eigenvalue weighted by atomic mass is 32.3. The lowest BCUT2D eigenvalue weighted by Gasteiger charge is -1.81.